The van der Waals surface area contributed by atoms with Crippen LogP contribution in [0.2, 0.25) is 0 Å². The van der Waals surface area contributed by atoms with E-state index in [2.05, 4.69) is 41.7 Å². The predicted molar refractivity (Wildman–Crippen MR) is 80.1 cm³/mol. The monoisotopic (exact) mass is 238 g/mol. The fourth-order valence-electron chi connectivity index (χ4n) is 1.40. The molecule has 0 atom stereocenters. The smallest absolute Gasteiger partial charge is 0.0453 e. The van der Waals surface area contributed by atoms with Crippen LogP contribution in [0.1, 0.15) is 0 Å². The minimum atomic E-state index is 1.21. The van der Waals surface area contributed by atoms with Gasteiger partial charge in [0.15, 0.2) is 0 Å². The maximum absolute atomic E-state index is 3.12. The zero-order valence-corrected chi connectivity index (χ0v) is 10.3. The molecule has 92 valence electrons. The Bertz CT molecular complexity index is 489. The average molecular weight is 238 g/mol. The first-order valence-electron chi connectivity index (χ1n) is 5.73. The number of H-pyrrole nitrogens is 1. The second-order valence-electron chi connectivity index (χ2n) is 3.33. The zero-order valence-electron chi connectivity index (χ0n) is 10.3. The van der Waals surface area contributed by atoms with Gasteiger partial charge >= 0.3 is 0 Å². The molecule has 0 amide bonds. The predicted octanol–water partition coefficient (Wildman–Crippen LogP) is 4.14. The van der Waals surface area contributed by atoms with Crippen molar-refractivity contribution in [3.63, 3.8) is 0 Å². The summed E-state index contributed by atoms with van der Waals surface area (Å²) in [5.41, 5.74) is 1.21. The number of rotatable bonds is 0. The van der Waals surface area contributed by atoms with Gasteiger partial charge in [0.05, 0.1) is 0 Å². The van der Waals surface area contributed by atoms with E-state index in [0.29, 0.717) is 0 Å². The number of aromatic amines is 1. The third-order valence-corrected chi connectivity index (χ3v) is 2.18. The van der Waals surface area contributed by atoms with Crippen molar-refractivity contribution in [3.8, 4) is 0 Å². The van der Waals surface area contributed by atoms with Crippen LogP contribution in [-0.4, -0.2) is 4.98 Å². The molecule has 1 aromatic heterocycles. The molecule has 0 radical (unpaired) electrons. The Kier molecular flexibility index (Phi) is 6.53. The molecule has 1 aromatic carbocycles. The maximum Gasteiger partial charge on any atom is 0.0453 e. The van der Waals surface area contributed by atoms with E-state index >= 15 is 0 Å². The van der Waals surface area contributed by atoms with Gasteiger partial charge in [0.2, 0.25) is 0 Å². The number of hydrogen-bond acceptors (Lipinski definition) is 1. The van der Waals surface area contributed by atoms with Gasteiger partial charge < -0.3 is 10.3 Å². The van der Waals surface area contributed by atoms with Gasteiger partial charge in [-0.3, -0.25) is 0 Å². The highest BCUT2D eigenvalue weighted by Crippen LogP contribution is 2.09. The van der Waals surface area contributed by atoms with Crippen LogP contribution >= 0.6 is 0 Å². The summed E-state index contributed by atoms with van der Waals surface area (Å²) in [5.74, 6) is 0. The summed E-state index contributed by atoms with van der Waals surface area (Å²) in [4.78, 5) is 3.12. The standard InChI is InChI=1S/C8H7N.C6H7N.C2H4/c1-2-4-8-7(3-1)5-6-9-8;1-2-4-6-7-5-3-1;1-2/h1-6,9H;1-7H;1-2H2. The molecule has 0 spiro atoms. The van der Waals surface area contributed by atoms with E-state index in [4.69, 9.17) is 0 Å². The molecular weight excluding hydrogens is 220 g/mol. The van der Waals surface area contributed by atoms with Crippen LogP contribution in [0, 0.1) is 0 Å². The molecule has 0 saturated heterocycles. The van der Waals surface area contributed by atoms with Crippen molar-refractivity contribution in [3.05, 3.63) is 86.4 Å². The number of para-hydroxylation sites is 1. The van der Waals surface area contributed by atoms with Gasteiger partial charge in [0.25, 0.3) is 0 Å². The normalized spacial score (nSPS) is 11.6. The number of hydrogen-bond donors (Lipinski definition) is 2. The van der Waals surface area contributed by atoms with Crippen LogP contribution in [0.4, 0.5) is 0 Å². The van der Waals surface area contributed by atoms with E-state index in [1.807, 2.05) is 55.0 Å². The number of fused-ring (bicyclic) bond motifs is 1. The lowest BCUT2D eigenvalue weighted by Crippen LogP contribution is -1.87. The molecule has 2 aromatic rings. The maximum atomic E-state index is 3.12. The lowest BCUT2D eigenvalue weighted by Gasteiger charge is -1.83. The first-order valence-corrected chi connectivity index (χ1v) is 5.73. The van der Waals surface area contributed by atoms with Gasteiger partial charge in [-0.25, -0.2) is 0 Å². The summed E-state index contributed by atoms with van der Waals surface area (Å²) in [6.07, 6.45) is 13.5. The molecule has 2 nitrogen and oxygen atoms in total. The number of benzene rings is 1. The average Bonchev–Trinajstić information content (AvgIpc) is 2.72. The Hall–Kier alpha value is -2.48. The fourth-order valence-corrected chi connectivity index (χ4v) is 1.40. The number of aromatic nitrogens is 1. The largest absolute Gasteiger partial charge is 0.368 e. The summed E-state index contributed by atoms with van der Waals surface area (Å²) in [5, 5.41) is 4.20. The molecule has 3 rings (SSSR count). The second-order valence-corrected chi connectivity index (χ2v) is 3.33. The van der Waals surface area contributed by atoms with Crippen molar-refractivity contribution in [1.29, 1.82) is 0 Å². The Labute approximate surface area is 108 Å². The summed E-state index contributed by atoms with van der Waals surface area (Å²) < 4.78 is 0. The Balaban J connectivity index is 0.000000163. The van der Waals surface area contributed by atoms with Crippen LogP contribution in [0.25, 0.3) is 10.9 Å². The molecule has 0 unspecified atom stereocenters. The van der Waals surface area contributed by atoms with Gasteiger partial charge in [-0.15, -0.1) is 13.2 Å². The van der Waals surface area contributed by atoms with Crippen molar-refractivity contribution in [2.75, 3.05) is 0 Å². The zero-order chi connectivity index (χ0) is 13.1. The van der Waals surface area contributed by atoms with Crippen LogP contribution in [0.15, 0.2) is 86.4 Å². The first-order chi connectivity index (χ1) is 8.97. The van der Waals surface area contributed by atoms with Crippen LogP contribution < -0.4 is 5.32 Å². The lowest BCUT2D eigenvalue weighted by molar-refractivity contribution is 1.20. The molecule has 0 bridgehead atoms. The fraction of sp³-hybridized carbons (Fsp3) is 0. The highest BCUT2D eigenvalue weighted by molar-refractivity contribution is 5.78. The molecule has 18 heavy (non-hydrogen) atoms. The molecule has 2 heterocycles. The SMILES string of the molecule is C1=CC=CNC=C1.C=C.c1ccc2[nH]ccc2c1. The van der Waals surface area contributed by atoms with Gasteiger partial charge in [0, 0.05) is 24.1 Å². The van der Waals surface area contributed by atoms with E-state index in [9.17, 15) is 0 Å². The van der Waals surface area contributed by atoms with Crippen LogP contribution in [0.3, 0.4) is 0 Å². The van der Waals surface area contributed by atoms with E-state index in [1.54, 1.807) is 0 Å². The molecule has 2 heteroatoms. The minimum Gasteiger partial charge on any atom is -0.368 e. The van der Waals surface area contributed by atoms with Gasteiger partial charge in [0.1, 0.15) is 0 Å². The number of allylic oxidation sites excluding steroid dienone is 4. The van der Waals surface area contributed by atoms with E-state index in [0.717, 1.165) is 0 Å². The van der Waals surface area contributed by atoms with Crippen LogP contribution in [-0.2, 0) is 0 Å². The molecule has 2 N–H and O–H groups in total. The van der Waals surface area contributed by atoms with Gasteiger partial charge in [-0.05, 0) is 29.7 Å². The summed E-state index contributed by atoms with van der Waals surface area (Å²) in [7, 11) is 0. The van der Waals surface area contributed by atoms with E-state index in [-0.39, 0.29) is 0 Å². The molecule has 0 aliphatic carbocycles. The summed E-state index contributed by atoms with van der Waals surface area (Å²) in [6.45, 7) is 6.00. The highest BCUT2D eigenvalue weighted by atomic mass is 14.8. The Morgan fingerprint density at radius 2 is 1.44 bits per heavy atom. The molecule has 1 aliphatic heterocycles. The van der Waals surface area contributed by atoms with E-state index < -0.39 is 0 Å². The van der Waals surface area contributed by atoms with Crippen molar-refractivity contribution in [2.24, 2.45) is 0 Å². The molecular formula is C16H18N2. The topological polar surface area (TPSA) is 27.8 Å². The third kappa shape index (κ3) is 4.58. The molecule has 1 aliphatic rings. The highest BCUT2D eigenvalue weighted by Gasteiger charge is 1.86. The minimum absolute atomic E-state index is 1.21. The number of nitrogens with one attached hydrogen (secondary N) is 2. The Morgan fingerprint density at radius 3 is 2.11 bits per heavy atom. The van der Waals surface area contributed by atoms with Crippen molar-refractivity contribution in [2.45, 2.75) is 0 Å². The molecule has 0 saturated carbocycles. The van der Waals surface area contributed by atoms with E-state index in [1.165, 1.54) is 10.9 Å². The van der Waals surface area contributed by atoms with Crippen LogP contribution in [0.5, 0.6) is 0 Å². The van der Waals surface area contributed by atoms with Crippen molar-refractivity contribution in [1.82, 2.24) is 10.3 Å². The van der Waals surface area contributed by atoms with Gasteiger partial charge in [-0.1, -0.05) is 30.4 Å². The Morgan fingerprint density at radius 1 is 0.778 bits per heavy atom. The van der Waals surface area contributed by atoms with Gasteiger partial charge in [-0.2, -0.15) is 0 Å². The summed E-state index contributed by atoms with van der Waals surface area (Å²) in [6, 6.07) is 10.3. The van der Waals surface area contributed by atoms with Crippen molar-refractivity contribution < 1.29 is 0 Å². The summed E-state index contributed by atoms with van der Waals surface area (Å²) >= 11 is 0. The lowest BCUT2D eigenvalue weighted by atomic mass is 10.3. The third-order valence-electron chi connectivity index (χ3n) is 2.18. The quantitative estimate of drug-likeness (QED) is 0.663. The molecule has 0 fully saturated rings. The first kappa shape index (κ1) is 13.6. The van der Waals surface area contributed by atoms with Crippen molar-refractivity contribution >= 4 is 10.9 Å². The second kappa shape index (κ2) is 8.65.